The Kier molecular flexibility index (Phi) is 4.75. The smallest absolute Gasteiger partial charge is 0.253 e. The molecular weight excluding hydrogens is 294 g/mol. The fraction of sp³-hybridized carbons (Fsp3) is 0.409. The van der Waals surface area contributed by atoms with Gasteiger partial charge in [-0.2, -0.15) is 0 Å². The van der Waals surface area contributed by atoms with Crippen LogP contribution >= 0.6 is 0 Å². The molecule has 1 aliphatic rings. The van der Waals surface area contributed by atoms with Crippen LogP contribution in [0.5, 0.6) is 0 Å². The molecule has 126 valence electrons. The lowest BCUT2D eigenvalue weighted by molar-refractivity contribution is 0.0707. The van der Waals surface area contributed by atoms with Crippen molar-refractivity contribution in [2.24, 2.45) is 0 Å². The van der Waals surface area contributed by atoms with Gasteiger partial charge in [-0.25, -0.2) is 0 Å². The van der Waals surface area contributed by atoms with Gasteiger partial charge < -0.3 is 4.90 Å². The highest BCUT2D eigenvalue weighted by atomic mass is 16.2. The molecular formula is C22H27NO. The third-order valence-corrected chi connectivity index (χ3v) is 4.98. The minimum atomic E-state index is 0.116. The molecule has 1 saturated heterocycles. The normalized spacial score (nSPS) is 18.5. The predicted molar refractivity (Wildman–Crippen MR) is 99.5 cm³/mol. The molecule has 0 aliphatic carbocycles. The second kappa shape index (κ2) is 6.80. The first kappa shape index (κ1) is 16.8. The van der Waals surface area contributed by atoms with Crippen molar-refractivity contribution in [3.05, 3.63) is 71.3 Å². The van der Waals surface area contributed by atoms with Gasteiger partial charge in [-0.15, -0.1) is 0 Å². The minimum Gasteiger partial charge on any atom is -0.338 e. The number of piperidine rings is 1. The molecule has 2 aromatic carbocycles. The molecule has 2 aromatic rings. The van der Waals surface area contributed by atoms with Crippen molar-refractivity contribution in [3.63, 3.8) is 0 Å². The molecule has 2 heteroatoms. The van der Waals surface area contributed by atoms with Crippen LogP contribution in [0.2, 0.25) is 0 Å². The molecule has 1 fully saturated rings. The molecule has 1 amide bonds. The zero-order valence-corrected chi connectivity index (χ0v) is 15.0. The maximum absolute atomic E-state index is 12.9. The molecule has 0 aromatic heterocycles. The first-order chi connectivity index (χ1) is 11.4. The number of carbonyl (C=O) groups is 1. The van der Waals surface area contributed by atoms with Crippen molar-refractivity contribution in [1.29, 1.82) is 0 Å². The standard InChI is InChI=1S/C22H27NO/c1-22(2,3)20-13-11-18(12-14-20)21(24)23-15-7-10-19(16-23)17-8-5-4-6-9-17/h4-6,8-9,11-14,19H,7,10,15-16H2,1-3H3/t19-/m1/s1. The average Bonchev–Trinajstić information content (AvgIpc) is 2.61. The van der Waals surface area contributed by atoms with Crippen LogP contribution in [0.15, 0.2) is 54.6 Å². The van der Waals surface area contributed by atoms with Crippen LogP contribution in [0.4, 0.5) is 0 Å². The molecule has 24 heavy (non-hydrogen) atoms. The summed E-state index contributed by atoms with van der Waals surface area (Å²) >= 11 is 0. The van der Waals surface area contributed by atoms with Crippen LogP contribution in [0.3, 0.4) is 0 Å². The van der Waals surface area contributed by atoms with E-state index in [9.17, 15) is 4.79 Å². The summed E-state index contributed by atoms with van der Waals surface area (Å²) in [4.78, 5) is 14.9. The van der Waals surface area contributed by atoms with Gasteiger partial charge in [0.1, 0.15) is 0 Å². The largest absolute Gasteiger partial charge is 0.338 e. The third kappa shape index (κ3) is 3.69. The van der Waals surface area contributed by atoms with Gasteiger partial charge in [-0.05, 0) is 41.5 Å². The fourth-order valence-electron chi connectivity index (χ4n) is 3.45. The van der Waals surface area contributed by atoms with Crippen LogP contribution < -0.4 is 0 Å². The first-order valence-corrected chi connectivity index (χ1v) is 8.90. The van der Waals surface area contributed by atoms with Gasteiger partial charge in [0.2, 0.25) is 0 Å². The van der Waals surface area contributed by atoms with Crippen LogP contribution in [-0.2, 0) is 5.41 Å². The zero-order valence-electron chi connectivity index (χ0n) is 15.0. The van der Waals surface area contributed by atoms with Crippen molar-refractivity contribution in [3.8, 4) is 0 Å². The van der Waals surface area contributed by atoms with E-state index >= 15 is 0 Å². The highest BCUT2D eigenvalue weighted by molar-refractivity contribution is 5.94. The Balaban J connectivity index is 1.73. The molecule has 0 radical (unpaired) electrons. The minimum absolute atomic E-state index is 0.116. The molecule has 0 saturated carbocycles. The van der Waals surface area contributed by atoms with Gasteiger partial charge in [0.25, 0.3) is 5.91 Å². The van der Waals surface area contributed by atoms with Crippen LogP contribution in [0.25, 0.3) is 0 Å². The molecule has 0 spiro atoms. The Labute approximate surface area is 145 Å². The molecule has 1 aliphatic heterocycles. The number of amides is 1. The van der Waals surface area contributed by atoms with E-state index in [0.717, 1.165) is 31.5 Å². The average molecular weight is 321 g/mol. The van der Waals surface area contributed by atoms with E-state index in [1.807, 2.05) is 23.1 Å². The first-order valence-electron chi connectivity index (χ1n) is 8.90. The van der Waals surface area contributed by atoms with E-state index in [2.05, 4.69) is 57.2 Å². The third-order valence-electron chi connectivity index (χ3n) is 4.98. The lowest BCUT2D eigenvalue weighted by Crippen LogP contribution is -2.39. The molecule has 2 nitrogen and oxygen atoms in total. The number of likely N-dealkylation sites (tertiary alicyclic amines) is 1. The van der Waals surface area contributed by atoms with Crippen LogP contribution in [0, 0.1) is 0 Å². The van der Waals surface area contributed by atoms with E-state index in [1.165, 1.54) is 11.1 Å². The van der Waals surface area contributed by atoms with E-state index < -0.39 is 0 Å². The second-order valence-electron chi connectivity index (χ2n) is 7.83. The summed E-state index contributed by atoms with van der Waals surface area (Å²) in [7, 11) is 0. The number of benzene rings is 2. The number of nitrogens with zero attached hydrogens (tertiary/aromatic N) is 1. The Bertz CT molecular complexity index is 682. The lowest BCUT2D eigenvalue weighted by atomic mass is 9.86. The number of carbonyl (C=O) groups excluding carboxylic acids is 1. The van der Waals surface area contributed by atoms with Gasteiger partial charge in [0, 0.05) is 24.6 Å². The highest BCUT2D eigenvalue weighted by Gasteiger charge is 2.25. The Hall–Kier alpha value is -2.09. The second-order valence-corrected chi connectivity index (χ2v) is 7.83. The summed E-state index contributed by atoms with van der Waals surface area (Å²) in [5, 5.41) is 0. The summed E-state index contributed by atoms with van der Waals surface area (Å²) in [6.07, 6.45) is 2.24. The number of rotatable bonds is 2. The Morgan fingerprint density at radius 2 is 1.67 bits per heavy atom. The van der Waals surface area contributed by atoms with Crippen molar-refractivity contribution >= 4 is 5.91 Å². The number of hydrogen-bond acceptors (Lipinski definition) is 1. The quantitative estimate of drug-likeness (QED) is 0.762. The van der Waals surface area contributed by atoms with Crippen molar-refractivity contribution in [2.75, 3.05) is 13.1 Å². The molecule has 0 N–H and O–H groups in total. The molecule has 3 rings (SSSR count). The SMILES string of the molecule is CC(C)(C)c1ccc(C(=O)N2CCC[C@@H](c3ccccc3)C2)cc1. The van der Waals surface area contributed by atoms with E-state index in [0.29, 0.717) is 5.92 Å². The van der Waals surface area contributed by atoms with Gasteiger partial charge in [-0.3, -0.25) is 4.79 Å². The van der Waals surface area contributed by atoms with E-state index in [4.69, 9.17) is 0 Å². The van der Waals surface area contributed by atoms with Crippen molar-refractivity contribution in [1.82, 2.24) is 4.90 Å². The Morgan fingerprint density at radius 1 is 1.00 bits per heavy atom. The highest BCUT2D eigenvalue weighted by Crippen LogP contribution is 2.28. The summed E-state index contributed by atoms with van der Waals surface area (Å²) < 4.78 is 0. The van der Waals surface area contributed by atoms with Crippen LogP contribution in [-0.4, -0.2) is 23.9 Å². The van der Waals surface area contributed by atoms with Crippen molar-refractivity contribution in [2.45, 2.75) is 44.9 Å². The maximum atomic E-state index is 12.9. The fourth-order valence-corrected chi connectivity index (χ4v) is 3.45. The molecule has 0 bridgehead atoms. The predicted octanol–water partition coefficient (Wildman–Crippen LogP) is 5.00. The Morgan fingerprint density at radius 3 is 2.29 bits per heavy atom. The summed E-state index contributed by atoms with van der Waals surface area (Å²) in [6, 6.07) is 18.7. The summed E-state index contributed by atoms with van der Waals surface area (Å²) in [5.74, 6) is 0.619. The lowest BCUT2D eigenvalue weighted by Gasteiger charge is -2.33. The molecule has 1 heterocycles. The topological polar surface area (TPSA) is 20.3 Å². The summed E-state index contributed by atoms with van der Waals surface area (Å²) in [5.41, 5.74) is 3.53. The number of hydrogen-bond donors (Lipinski definition) is 0. The van der Waals surface area contributed by atoms with Gasteiger partial charge >= 0.3 is 0 Å². The van der Waals surface area contributed by atoms with Gasteiger partial charge in [0.15, 0.2) is 0 Å². The molecule has 1 atom stereocenters. The van der Waals surface area contributed by atoms with Crippen LogP contribution in [0.1, 0.15) is 61.0 Å². The summed E-state index contributed by atoms with van der Waals surface area (Å²) in [6.45, 7) is 8.27. The zero-order chi connectivity index (χ0) is 17.2. The van der Waals surface area contributed by atoms with Gasteiger partial charge in [0.05, 0.1) is 0 Å². The van der Waals surface area contributed by atoms with Gasteiger partial charge in [-0.1, -0.05) is 63.2 Å². The van der Waals surface area contributed by atoms with E-state index in [-0.39, 0.29) is 11.3 Å². The van der Waals surface area contributed by atoms with Crippen molar-refractivity contribution < 1.29 is 4.79 Å². The molecule has 0 unspecified atom stereocenters. The monoisotopic (exact) mass is 321 g/mol. The maximum Gasteiger partial charge on any atom is 0.253 e. The van der Waals surface area contributed by atoms with E-state index in [1.54, 1.807) is 0 Å².